The second-order valence-electron chi connectivity index (χ2n) is 7.74. The van der Waals surface area contributed by atoms with Crippen LogP contribution in [0, 0.1) is 11.8 Å². The number of amides is 1. The molecule has 1 saturated heterocycles. The van der Waals surface area contributed by atoms with Crippen LogP contribution < -0.4 is 11.1 Å². The average molecular weight is 444 g/mol. The van der Waals surface area contributed by atoms with Crippen molar-refractivity contribution in [2.45, 2.75) is 64.5 Å². The number of nitrogens with one attached hydrogen (secondary N) is 1. The summed E-state index contributed by atoms with van der Waals surface area (Å²) in [6.45, 7) is -2.55. The quantitative estimate of drug-likeness (QED) is 0.288. The van der Waals surface area contributed by atoms with Gasteiger partial charge >= 0.3 is 13.2 Å². The smallest absolute Gasteiger partial charge is 0.345 e. The molecule has 0 aromatic rings. The summed E-state index contributed by atoms with van der Waals surface area (Å²) in [6, 6.07) is -2.43. The summed E-state index contributed by atoms with van der Waals surface area (Å²) in [7, 11) is 0. The van der Waals surface area contributed by atoms with Crippen LogP contribution in [0.25, 0.3) is 0 Å². The molecule has 0 aliphatic carbocycles. The second kappa shape index (κ2) is 11.7. The lowest BCUT2D eigenvalue weighted by atomic mass is 9.92. The van der Waals surface area contributed by atoms with Gasteiger partial charge in [0.25, 0.3) is 0 Å². The predicted molar refractivity (Wildman–Crippen MR) is 95.8 cm³/mol. The van der Waals surface area contributed by atoms with Gasteiger partial charge in [-0.25, -0.2) is 0 Å². The first-order valence-electron chi connectivity index (χ1n) is 9.42. The zero-order chi connectivity index (χ0) is 23.1. The first-order chi connectivity index (χ1) is 13.9. The molecular formula is C18H28F4N2O6. The topological polar surface area (TPSA) is 120 Å². The maximum atomic E-state index is 12.7. The molecule has 0 radical (unpaired) electrons. The van der Waals surface area contributed by atoms with E-state index < -0.39 is 68.2 Å². The zero-order valence-corrected chi connectivity index (χ0v) is 17.0. The fourth-order valence-corrected chi connectivity index (χ4v) is 2.69. The first kappa shape index (κ1) is 26.4. The molecule has 0 unspecified atom stereocenters. The molecule has 0 saturated carbocycles. The van der Waals surface area contributed by atoms with E-state index >= 15 is 0 Å². The summed E-state index contributed by atoms with van der Waals surface area (Å²) in [4.78, 5) is 37.4. The van der Waals surface area contributed by atoms with Crippen LogP contribution in [0.2, 0.25) is 0 Å². The molecule has 0 bridgehead atoms. The van der Waals surface area contributed by atoms with E-state index in [4.69, 9.17) is 10.5 Å². The standard InChI is InChI=1S/C18H28F4N2O6/c1-9(2)4-12(14(26)18(3)8-30-18)24-15(27)10(6-28-16(19)20)5-13(25)11(23)7-29-17(21)22/h9-12,16-17H,4-8,23H2,1-3H3,(H,24,27)/t10-,11-,12-,18+/m0/s1. The number of hydrogen-bond acceptors (Lipinski definition) is 7. The first-order valence-corrected chi connectivity index (χ1v) is 9.42. The van der Waals surface area contributed by atoms with Gasteiger partial charge in [0.1, 0.15) is 5.60 Å². The molecule has 30 heavy (non-hydrogen) atoms. The van der Waals surface area contributed by atoms with Crippen LogP contribution in [0.1, 0.15) is 33.6 Å². The molecule has 0 aromatic carbocycles. The average Bonchev–Trinajstić information content (AvgIpc) is 3.39. The number of ketones is 2. The van der Waals surface area contributed by atoms with E-state index in [-0.39, 0.29) is 24.7 Å². The molecule has 1 heterocycles. The number of alkyl halides is 4. The fourth-order valence-electron chi connectivity index (χ4n) is 2.69. The lowest BCUT2D eigenvalue weighted by Crippen LogP contribution is -2.50. The molecule has 1 aliphatic rings. The van der Waals surface area contributed by atoms with E-state index in [1.54, 1.807) is 6.92 Å². The Morgan fingerprint density at radius 2 is 1.63 bits per heavy atom. The van der Waals surface area contributed by atoms with Crippen molar-refractivity contribution in [1.82, 2.24) is 5.32 Å². The molecule has 1 aliphatic heterocycles. The Hall–Kier alpha value is -1.63. The summed E-state index contributed by atoms with van der Waals surface area (Å²) in [5.74, 6) is -3.48. The largest absolute Gasteiger partial charge is 0.361 e. The third-order valence-electron chi connectivity index (χ3n) is 4.50. The highest BCUT2D eigenvalue weighted by Crippen LogP contribution is 2.29. The van der Waals surface area contributed by atoms with E-state index in [0.29, 0.717) is 0 Å². The van der Waals surface area contributed by atoms with Crippen molar-refractivity contribution in [1.29, 1.82) is 0 Å². The minimum absolute atomic E-state index is 0.0129. The number of epoxide rings is 1. The van der Waals surface area contributed by atoms with Crippen molar-refractivity contribution in [3.8, 4) is 0 Å². The highest BCUT2D eigenvalue weighted by Gasteiger charge is 2.50. The highest BCUT2D eigenvalue weighted by atomic mass is 19.3. The molecule has 3 N–H and O–H groups in total. The Kier molecular flexibility index (Phi) is 10.3. The Balaban J connectivity index is 2.84. The van der Waals surface area contributed by atoms with Crippen molar-refractivity contribution < 1.29 is 46.2 Å². The monoisotopic (exact) mass is 444 g/mol. The molecule has 1 amide bonds. The number of ether oxygens (including phenoxy) is 3. The van der Waals surface area contributed by atoms with Crippen LogP contribution in [-0.2, 0) is 28.6 Å². The van der Waals surface area contributed by atoms with Crippen LogP contribution in [0.3, 0.4) is 0 Å². The number of carbonyl (C=O) groups excluding carboxylic acids is 3. The van der Waals surface area contributed by atoms with Crippen molar-refractivity contribution in [3.05, 3.63) is 0 Å². The van der Waals surface area contributed by atoms with Gasteiger partial charge in [0.2, 0.25) is 5.91 Å². The van der Waals surface area contributed by atoms with Crippen molar-refractivity contribution in [2.24, 2.45) is 17.6 Å². The maximum absolute atomic E-state index is 12.7. The lowest BCUT2D eigenvalue weighted by Gasteiger charge is -2.24. The van der Waals surface area contributed by atoms with Gasteiger partial charge in [-0.2, -0.15) is 17.6 Å². The highest BCUT2D eigenvalue weighted by molar-refractivity contribution is 5.97. The van der Waals surface area contributed by atoms with Gasteiger partial charge in [-0.3, -0.25) is 14.4 Å². The van der Waals surface area contributed by atoms with Crippen LogP contribution in [-0.4, -0.2) is 68.2 Å². The Morgan fingerprint density at radius 3 is 2.10 bits per heavy atom. The van der Waals surface area contributed by atoms with E-state index in [0.717, 1.165) is 0 Å². The summed E-state index contributed by atoms with van der Waals surface area (Å²) in [6.07, 6.45) is -0.385. The SMILES string of the molecule is CC(C)C[C@H](NC(=O)[C@H](COC(F)F)CC(=O)[C@@H](N)COC(F)F)C(=O)[C@@]1(C)CO1. The zero-order valence-electron chi connectivity index (χ0n) is 17.0. The number of carbonyl (C=O) groups is 3. The number of hydrogen-bond donors (Lipinski definition) is 2. The molecule has 1 rings (SSSR count). The molecule has 0 aromatic heterocycles. The number of halogens is 4. The van der Waals surface area contributed by atoms with Gasteiger partial charge in [-0.15, -0.1) is 0 Å². The molecule has 8 nitrogen and oxygen atoms in total. The minimum atomic E-state index is -3.20. The van der Waals surface area contributed by atoms with Gasteiger partial charge in [0.15, 0.2) is 11.6 Å². The van der Waals surface area contributed by atoms with E-state index in [2.05, 4.69) is 14.8 Å². The van der Waals surface area contributed by atoms with Gasteiger partial charge in [-0.05, 0) is 19.3 Å². The van der Waals surface area contributed by atoms with Crippen LogP contribution >= 0.6 is 0 Å². The fraction of sp³-hybridized carbons (Fsp3) is 0.833. The Bertz CT molecular complexity index is 601. The normalized spacial score (nSPS) is 21.6. The summed E-state index contributed by atoms with van der Waals surface area (Å²) < 4.78 is 62.3. The van der Waals surface area contributed by atoms with Gasteiger partial charge < -0.3 is 25.3 Å². The van der Waals surface area contributed by atoms with Gasteiger partial charge in [-0.1, -0.05) is 13.8 Å². The van der Waals surface area contributed by atoms with Gasteiger partial charge in [0, 0.05) is 6.42 Å². The van der Waals surface area contributed by atoms with Crippen LogP contribution in [0.4, 0.5) is 17.6 Å². The van der Waals surface area contributed by atoms with E-state index in [1.807, 2.05) is 13.8 Å². The number of nitrogens with two attached hydrogens (primary N) is 1. The molecule has 12 heteroatoms. The lowest BCUT2D eigenvalue weighted by molar-refractivity contribution is -0.154. The Labute approximate surface area is 171 Å². The number of rotatable bonds is 15. The summed E-state index contributed by atoms with van der Waals surface area (Å²) >= 11 is 0. The maximum Gasteiger partial charge on any atom is 0.345 e. The molecular weight excluding hydrogens is 416 g/mol. The Morgan fingerprint density at radius 1 is 1.10 bits per heavy atom. The second-order valence-corrected chi connectivity index (χ2v) is 7.74. The van der Waals surface area contributed by atoms with E-state index in [9.17, 15) is 31.9 Å². The van der Waals surface area contributed by atoms with Crippen LogP contribution in [0.5, 0.6) is 0 Å². The number of Topliss-reactive ketones (excluding diaryl/α,β-unsaturated/α-hetero) is 2. The molecule has 174 valence electrons. The van der Waals surface area contributed by atoms with E-state index in [1.165, 1.54) is 0 Å². The third-order valence-corrected chi connectivity index (χ3v) is 4.50. The van der Waals surface area contributed by atoms with Gasteiger partial charge in [0.05, 0.1) is 37.8 Å². The van der Waals surface area contributed by atoms with Crippen molar-refractivity contribution in [3.63, 3.8) is 0 Å². The third kappa shape index (κ3) is 9.02. The molecule has 4 atom stereocenters. The summed E-state index contributed by atoms with van der Waals surface area (Å²) in [5, 5.41) is 2.48. The molecule has 1 fully saturated rings. The van der Waals surface area contributed by atoms with Crippen molar-refractivity contribution >= 4 is 17.5 Å². The minimum Gasteiger partial charge on any atom is -0.361 e. The summed E-state index contributed by atoms with van der Waals surface area (Å²) in [5.41, 5.74) is 4.43. The van der Waals surface area contributed by atoms with Crippen molar-refractivity contribution in [2.75, 3.05) is 19.8 Å². The molecule has 0 spiro atoms. The van der Waals surface area contributed by atoms with Crippen LogP contribution in [0.15, 0.2) is 0 Å². The predicted octanol–water partition coefficient (Wildman–Crippen LogP) is 1.26.